The Kier molecular flexibility index (Phi) is 6.47. The highest BCUT2D eigenvalue weighted by atomic mass is 32.2. The zero-order valence-electron chi connectivity index (χ0n) is 15.1. The number of carbonyl (C=O) groups is 1. The van der Waals surface area contributed by atoms with E-state index in [-0.39, 0.29) is 24.5 Å². The molecule has 0 radical (unpaired) electrons. The summed E-state index contributed by atoms with van der Waals surface area (Å²) in [5.41, 5.74) is 0.937. The fraction of sp³-hybridized carbons (Fsp3) is 0.350. The van der Waals surface area contributed by atoms with Crippen molar-refractivity contribution in [3.8, 4) is 0 Å². The summed E-state index contributed by atoms with van der Waals surface area (Å²) >= 11 is 0. The third-order valence-corrected chi connectivity index (χ3v) is 6.32. The molecule has 1 amide bonds. The van der Waals surface area contributed by atoms with E-state index in [1.807, 2.05) is 30.3 Å². The number of nitrogens with one attached hydrogen (secondary N) is 1. The van der Waals surface area contributed by atoms with Crippen LogP contribution >= 0.6 is 0 Å². The van der Waals surface area contributed by atoms with Gasteiger partial charge in [0, 0.05) is 25.7 Å². The lowest BCUT2D eigenvalue weighted by Crippen LogP contribution is -2.53. The van der Waals surface area contributed by atoms with Crippen molar-refractivity contribution in [2.24, 2.45) is 0 Å². The first-order valence-electron chi connectivity index (χ1n) is 9.01. The van der Waals surface area contributed by atoms with E-state index in [9.17, 15) is 13.2 Å². The smallest absolute Gasteiger partial charge is 0.410 e. The molecular formula is C20H24N2O4S. The first kappa shape index (κ1) is 19.4. The molecule has 7 heteroatoms. The number of benzene rings is 2. The summed E-state index contributed by atoms with van der Waals surface area (Å²) in [6, 6.07) is 17.9. The molecule has 6 nitrogen and oxygen atoms in total. The van der Waals surface area contributed by atoms with Gasteiger partial charge >= 0.3 is 6.09 Å². The van der Waals surface area contributed by atoms with Crippen molar-refractivity contribution >= 4 is 15.9 Å². The van der Waals surface area contributed by atoms with Crippen LogP contribution in [0.4, 0.5) is 4.79 Å². The molecule has 1 atom stereocenters. The third kappa shape index (κ3) is 5.55. The lowest BCUT2D eigenvalue weighted by Gasteiger charge is -2.33. The van der Waals surface area contributed by atoms with Crippen LogP contribution in [0.25, 0.3) is 0 Å². The molecular weight excluding hydrogens is 364 g/mol. The van der Waals surface area contributed by atoms with Gasteiger partial charge in [-0.1, -0.05) is 48.5 Å². The van der Waals surface area contributed by atoms with Crippen molar-refractivity contribution in [3.05, 3.63) is 66.2 Å². The van der Waals surface area contributed by atoms with Gasteiger partial charge in [-0.15, -0.1) is 0 Å². The van der Waals surface area contributed by atoms with E-state index >= 15 is 0 Å². The quantitative estimate of drug-likeness (QED) is 0.823. The second-order valence-electron chi connectivity index (χ2n) is 6.56. The number of piperazine rings is 1. The standard InChI is InChI=1S/C20H24N2O4S/c23-20(26-16-17-7-3-1-4-8-17)22-13-12-21-18(15-22)11-14-27(24,25)19-9-5-2-6-10-19/h1-10,18,21H,11-16H2/t18-/m1/s1. The van der Waals surface area contributed by atoms with Crippen molar-refractivity contribution in [1.29, 1.82) is 0 Å². The zero-order chi connectivity index (χ0) is 19.1. The van der Waals surface area contributed by atoms with Gasteiger partial charge in [-0.2, -0.15) is 0 Å². The average molecular weight is 388 g/mol. The number of sulfone groups is 1. The molecule has 0 aliphatic carbocycles. The number of carbonyl (C=O) groups excluding carboxylic acids is 1. The van der Waals surface area contributed by atoms with Crippen LogP contribution in [0.2, 0.25) is 0 Å². The summed E-state index contributed by atoms with van der Waals surface area (Å²) in [6.07, 6.45) is 0.0796. The van der Waals surface area contributed by atoms with Crippen LogP contribution in [-0.2, 0) is 21.2 Å². The van der Waals surface area contributed by atoms with E-state index in [1.54, 1.807) is 35.2 Å². The minimum absolute atomic E-state index is 0.0432. The van der Waals surface area contributed by atoms with Gasteiger partial charge in [-0.05, 0) is 24.1 Å². The first-order chi connectivity index (χ1) is 13.0. The normalized spacial score (nSPS) is 17.5. The fourth-order valence-electron chi connectivity index (χ4n) is 3.04. The first-order valence-corrected chi connectivity index (χ1v) is 10.7. The summed E-state index contributed by atoms with van der Waals surface area (Å²) in [4.78, 5) is 14.3. The predicted molar refractivity (Wildman–Crippen MR) is 103 cm³/mol. The molecule has 2 aromatic rings. The molecule has 144 valence electrons. The van der Waals surface area contributed by atoms with Crippen LogP contribution in [0.15, 0.2) is 65.6 Å². The Hall–Kier alpha value is -2.38. The van der Waals surface area contributed by atoms with Crippen molar-refractivity contribution in [2.75, 3.05) is 25.4 Å². The van der Waals surface area contributed by atoms with E-state index in [1.165, 1.54) is 0 Å². The number of nitrogens with zero attached hydrogens (tertiary/aromatic N) is 1. The summed E-state index contributed by atoms with van der Waals surface area (Å²) in [7, 11) is -3.32. The molecule has 1 aliphatic heterocycles. The highest BCUT2D eigenvalue weighted by Crippen LogP contribution is 2.14. The molecule has 0 aromatic heterocycles. The summed E-state index contributed by atoms with van der Waals surface area (Å²) in [5.74, 6) is 0.0432. The number of hydrogen-bond donors (Lipinski definition) is 1. The van der Waals surface area contributed by atoms with Crippen LogP contribution < -0.4 is 5.32 Å². The lowest BCUT2D eigenvalue weighted by atomic mass is 10.2. The van der Waals surface area contributed by atoms with E-state index in [2.05, 4.69) is 5.32 Å². The SMILES string of the molecule is O=C(OCc1ccccc1)N1CCN[C@H](CCS(=O)(=O)c2ccccc2)C1. The molecule has 3 rings (SSSR count). The summed E-state index contributed by atoms with van der Waals surface area (Å²) in [6.45, 7) is 1.85. The van der Waals surface area contributed by atoms with Crippen molar-refractivity contribution in [1.82, 2.24) is 10.2 Å². The van der Waals surface area contributed by atoms with E-state index in [0.29, 0.717) is 31.0 Å². The predicted octanol–water partition coefficient (Wildman–Crippen LogP) is 2.46. The van der Waals surface area contributed by atoms with Gasteiger partial charge in [0.15, 0.2) is 9.84 Å². The van der Waals surface area contributed by atoms with Gasteiger partial charge in [-0.25, -0.2) is 13.2 Å². The van der Waals surface area contributed by atoms with Gasteiger partial charge in [0.2, 0.25) is 0 Å². The Labute approximate surface area is 160 Å². The number of ether oxygens (including phenoxy) is 1. The second kappa shape index (κ2) is 9.01. The van der Waals surface area contributed by atoms with Gasteiger partial charge in [0.05, 0.1) is 10.6 Å². The van der Waals surface area contributed by atoms with Gasteiger partial charge in [0.1, 0.15) is 6.61 Å². The minimum Gasteiger partial charge on any atom is -0.445 e. The molecule has 1 fully saturated rings. The van der Waals surface area contributed by atoms with Crippen LogP contribution in [0.5, 0.6) is 0 Å². The Morgan fingerprint density at radius 2 is 1.74 bits per heavy atom. The number of rotatable bonds is 6. The molecule has 0 bridgehead atoms. The molecule has 1 N–H and O–H groups in total. The van der Waals surface area contributed by atoms with Crippen LogP contribution in [-0.4, -0.2) is 50.8 Å². The number of amides is 1. The summed E-state index contributed by atoms with van der Waals surface area (Å²) in [5, 5.41) is 3.29. The molecule has 27 heavy (non-hydrogen) atoms. The molecule has 1 saturated heterocycles. The molecule has 0 unspecified atom stereocenters. The zero-order valence-corrected chi connectivity index (χ0v) is 15.9. The minimum atomic E-state index is -3.32. The second-order valence-corrected chi connectivity index (χ2v) is 8.67. The van der Waals surface area contributed by atoms with E-state index in [0.717, 1.165) is 5.56 Å². The fourth-order valence-corrected chi connectivity index (χ4v) is 4.44. The van der Waals surface area contributed by atoms with E-state index < -0.39 is 9.84 Å². The van der Waals surface area contributed by atoms with Crippen molar-refractivity contribution in [3.63, 3.8) is 0 Å². The maximum Gasteiger partial charge on any atom is 0.410 e. The molecule has 1 aliphatic rings. The number of hydrogen-bond acceptors (Lipinski definition) is 5. The van der Waals surface area contributed by atoms with Crippen LogP contribution in [0.1, 0.15) is 12.0 Å². The van der Waals surface area contributed by atoms with Gasteiger partial charge in [0.25, 0.3) is 0 Å². The lowest BCUT2D eigenvalue weighted by molar-refractivity contribution is 0.0847. The molecule has 0 saturated carbocycles. The van der Waals surface area contributed by atoms with Crippen LogP contribution in [0, 0.1) is 0 Å². The topological polar surface area (TPSA) is 75.7 Å². The monoisotopic (exact) mass is 388 g/mol. The highest BCUT2D eigenvalue weighted by Gasteiger charge is 2.26. The third-order valence-electron chi connectivity index (χ3n) is 4.56. The van der Waals surface area contributed by atoms with Gasteiger partial charge < -0.3 is 15.0 Å². The molecule has 0 spiro atoms. The van der Waals surface area contributed by atoms with Crippen LogP contribution in [0.3, 0.4) is 0 Å². The average Bonchev–Trinajstić information content (AvgIpc) is 2.72. The highest BCUT2D eigenvalue weighted by molar-refractivity contribution is 7.91. The molecule has 1 heterocycles. The maximum atomic E-state index is 12.4. The Morgan fingerprint density at radius 1 is 1.07 bits per heavy atom. The maximum absolute atomic E-state index is 12.4. The van der Waals surface area contributed by atoms with Gasteiger partial charge in [-0.3, -0.25) is 0 Å². The Balaban J connectivity index is 1.49. The Bertz CT molecular complexity index is 841. The molecule has 2 aromatic carbocycles. The largest absolute Gasteiger partial charge is 0.445 e. The van der Waals surface area contributed by atoms with Crippen molar-refractivity contribution in [2.45, 2.75) is 24.0 Å². The van der Waals surface area contributed by atoms with E-state index in [4.69, 9.17) is 4.74 Å². The summed E-state index contributed by atoms with van der Waals surface area (Å²) < 4.78 is 30.2. The Morgan fingerprint density at radius 3 is 2.44 bits per heavy atom. The van der Waals surface area contributed by atoms with Crippen molar-refractivity contribution < 1.29 is 17.9 Å².